The molecule has 2 nitrogen and oxygen atoms in total. The van der Waals surface area contributed by atoms with E-state index in [2.05, 4.69) is 5.32 Å². The second kappa shape index (κ2) is 5.65. The van der Waals surface area contributed by atoms with Crippen LogP contribution in [0.25, 0.3) is 0 Å². The quantitative estimate of drug-likeness (QED) is 0.803. The molecule has 0 atom stereocenters. The number of amides is 1. The van der Waals surface area contributed by atoms with Crippen LogP contribution >= 0.6 is 0 Å². The molecule has 0 saturated carbocycles. The Balaban J connectivity index is 0.00000256. The van der Waals surface area contributed by atoms with Crippen LogP contribution in [0, 0.1) is 5.82 Å². The number of carbonyl (C=O) groups excluding carboxylic acids is 1. The summed E-state index contributed by atoms with van der Waals surface area (Å²) in [6, 6.07) is 1.81. The maximum atomic E-state index is 13.2. The van der Waals surface area contributed by atoms with Gasteiger partial charge in [0.25, 0.3) is 5.91 Å². The summed E-state index contributed by atoms with van der Waals surface area (Å²) in [6.07, 6.45) is -4.61. The molecule has 0 aliphatic rings. The van der Waals surface area contributed by atoms with Crippen LogP contribution in [0.1, 0.15) is 30.3 Å². The van der Waals surface area contributed by atoms with Crippen molar-refractivity contribution in [2.75, 3.05) is 6.54 Å². The molecule has 0 saturated heterocycles. The van der Waals surface area contributed by atoms with Gasteiger partial charge in [0.15, 0.2) is 0 Å². The van der Waals surface area contributed by atoms with Gasteiger partial charge >= 0.3 is 6.18 Å². The molecule has 0 unspecified atom stereocenters. The highest BCUT2D eigenvalue weighted by Crippen LogP contribution is 2.30. The van der Waals surface area contributed by atoms with Crippen LogP contribution in [0.4, 0.5) is 17.6 Å². The Morgan fingerprint density at radius 1 is 1.35 bits per heavy atom. The summed E-state index contributed by atoms with van der Waals surface area (Å²) >= 11 is 0. The summed E-state index contributed by atoms with van der Waals surface area (Å²) in [6.45, 7) is 1.90. The van der Waals surface area contributed by atoms with Crippen LogP contribution in [0.5, 0.6) is 0 Å². The van der Waals surface area contributed by atoms with Gasteiger partial charge in [0.1, 0.15) is 5.82 Å². The average molecular weight is 251 g/mol. The van der Waals surface area contributed by atoms with Gasteiger partial charge in [-0.3, -0.25) is 4.79 Å². The van der Waals surface area contributed by atoms with Gasteiger partial charge in [-0.2, -0.15) is 13.2 Å². The lowest BCUT2D eigenvalue weighted by Crippen LogP contribution is -2.24. The second-order valence-electron chi connectivity index (χ2n) is 3.05. The van der Waals surface area contributed by atoms with E-state index in [9.17, 15) is 22.4 Å². The Labute approximate surface area is 96.6 Å². The van der Waals surface area contributed by atoms with Gasteiger partial charge in [-0.15, -0.1) is 0 Å². The predicted molar refractivity (Wildman–Crippen MR) is 56.1 cm³/mol. The number of alkyl halides is 3. The molecule has 0 spiro atoms. The Morgan fingerprint density at radius 2 is 1.94 bits per heavy atom. The zero-order valence-electron chi connectivity index (χ0n) is 8.36. The summed E-state index contributed by atoms with van der Waals surface area (Å²) in [5.41, 5.74) is -1.51. The van der Waals surface area contributed by atoms with Crippen molar-refractivity contribution in [2.45, 2.75) is 20.5 Å². The van der Waals surface area contributed by atoms with Crippen molar-refractivity contribution in [1.82, 2.24) is 5.32 Å². The molecule has 0 heterocycles. The highest BCUT2D eigenvalue weighted by molar-refractivity contribution is 5.94. The highest BCUT2D eigenvalue weighted by Gasteiger charge is 2.31. The molecule has 1 rings (SSSR count). The van der Waals surface area contributed by atoms with Crippen molar-refractivity contribution < 1.29 is 22.4 Å². The zero-order chi connectivity index (χ0) is 12.3. The van der Waals surface area contributed by atoms with Crippen molar-refractivity contribution in [3.05, 3.63) is 35.1 Å². The highest BCUT2D eigenvalue weighted by atomic mass is 19.4. The molecule has 0 aliphatic carbocycles. The lowest BCUT2D eigenvalue weighted by Gasteiger charge is -2.08. The van der Waals surface area contributed by atoms with E-state index in [4.69, 9.17) is 0 Å². The van der Waals surface area contributed by atoms with Crippen molar-refractivity contribution in [1.29, 1.82) is 0 Å². The van der Waals surface area contributed by atoms with E-state index in [1.54, 1.807) is 6.92 Å². The number of hydrogen-bond donors (Lipinski definition) is 1. The van der Waals surface area contributed by atoms with Crippen LogP contribution in [0.3, 0.4) is 0 Å². The molecule has 1 aromatic rings. The lowest BCUT2D eigenvalue weighted by atomic mass is 10.1. The van der Waals surface area contributed by atoms with Gasteiger partial charge in [0.2, 0.25) is 0 Å². The molecule has 1 amide bonds. The van der Waals surface area contributed by atoms with E-state index in [1.807, 2.05) is 0 Å². The summed E-state index contributed by atoms with van der Waals surface area (Å²) in [5, 5.41) is 2.30. The number of carbonyl (C=O) groups is 1. The van der Waals surface area contributed by atoms with Gasteiger partial charge in [-0.25, -0.2) is 4.39 Å². The van der Waals surface area contributed by atoms with Crippen LogP contribution in [0.2, 0.25) is 0 Å². The second-order valence-corrected chi connectivity index (χ2v) is 3.05. The van der Waals surface area contributed by atoms with Crippen LogP contribution in [-0.2, 0) is 6.18 Å². The fraction of sp³-hybridized carbons (Fsp3) is 0.364. The Morgan fingerprint density at radius 3 is 2.35 bits per heavy atom. The summed E-state index contributed by atoms with van der Waals surface area (Å²) in [5.74, 6) is -1.91. The maximum Gasteiger partial charge on any atom is 0.416 e. The summed E-state index contributed by atoms with van der Waals surface area (Å²) < 4.78 is 49.7. The van der Waals surface area contributed by atoms with E-state index >= 15 is 0 Å². The SMILES string of the molecule is C.CCNC(=O)c1ccc(C(F)(F)F)cc1F. The van der Waals surface area contributed by atoms with Crippen molar-refractivity contribution >= 4 is 5.91 Å². The topological polar surface area (TPSA) is 29.1 Å². The minimum absolute atomic E-state index is 0. The molecular formula is C11H13F4NO. The normalized spacial score (nSPS) is 10.6. The van der Waals surface area contributed by atoms with Crippen LogP contribution < -0.4 is 5.32 Å². The van der Waals surface area contributed by atoms with Crippen LogP contribution in [0.15, 0.2) is 18.2 Å². The molecule has 0 radical (unpaired) electrons. The van der Waals surface area contributed by atoms with E-state index in [1.165, 1.54) is 0 Å². The molecule has 6 heteroatoms. The number of nitrogens with one attached hydrogen (secondary N) is 1. The standard InChI is InChI=1S/C10H9F4NO.CH4/c1-2-15-9(16)7-4-3-6(5-8(7)11)10(12,13)14;/h3-5H,2H2,1H3,(H,15,16);1H4. The largest absolute Gasteiger partial charge is 0.416 e. The number of rotatable bonds is 2. The van der Waals surface area contributed by atoms with Gasteiger partial charge in [-0.1, -0.05) is 7.43 Å². The number of halogens is 4. The minimum atomic E-state index is -4.61. The summed E-state index contributed by atoms with van der Waals surface area (Å²) in [4.78, 5) is 11.2. The molecule has 0 aliphatic heterocycles. The van der Waals surface area contributed by atoms with Gasteiger partial charge in [0, 0.05) is 6.54 Å². The lowest BCUT2D eigenvalue weighted by molar-refractivity contribution is -0.137. The molecule has 1 N–H and O–H groups in total. The van der Waals surface area contributed by atoms with E-state index in [0.29, 0.717) is 12.1 Å². The van der Waals surface area contributed by atoms with E-state index < -0.39 is 29.0 Å². The molecule has 17 heavy (non-hydrogen) atoms. The third kappa shape index (κ3) is 3.72. The average Bonchev–Trinajstić information content (AvgIpc) is 2.16. The number of benzene rings is 1. The van der Waals surface area contributed by atoms with Crippen molar-refractivity contribution in [3.8, 4) is 0 Å². The van der Waals surface area contributed by atoms with E-state index in [-0.39, 0.29) is 14.0 Å². The monoisotopic (exact) mass is 251 g/mol. The Hall–Kier alpha value is -1.59. The molecule has 96 valence electrons. The first-order valence-corrected chi connectivity index (χ1v) is 4.51. The summed E-state index contributed by atoms with van der Waals surface area (Å²) in [7, 11) is 0. The molecule has 0 aromatic heterocycles. The van der Waals surface area contributed by atoms with E-state index in [0.717, 1.165) is 6.07 Å². The van der Waals surface area contributed by atoms with Crippen LogP contribution in [-0.4, -0.2) is 12.5 Å². The third-order valence-corrected chi connectivity index (χ3v) is 1.88. The Bertz CT molecular complexity index is 401. The Kier molecular flexibility index (Phi) is 5.12. The number of hydrogen-bond acceptors (Lipinski definition) is 1. The molecule has 0 bridgehead atoms. The van der Waals surface area contributed by atoms with Gasteiger partial charge < -0.3 is 5.32 Å². The third-order valence-electron chi connectivity index (χ3n) is 1.88. The van der Waals surface area contributed by atoms with Gasteiger partial charge in [-0.05, 0) is 25.1 Å². The first kappa shape index (κ1) is 15.4. The first-order valence-electron chi connectivity index (χ1n) is 4.51. The van der Waals surface area contributed by atoms with Crippen molar-refractivity contribution in [3.63, 3.8) is 0 Å². The fourth-order valence-corrected chi connectivity index (χ4v) is 1.13. The fourth-order valence-electron chi connectivity index (χ4n) is 1.13. The zero-order valence-corrected chi connectivity index (χ0v) is 8.36. The smallest absolute Gasteiger partial charge is 0.352 e. The minimum Gasteiger partial charge on any atom is -0.352 e. The predicted octanol–water partition coefficient (Wildman–Crippen LogP) is 3.23. The maximum absolute atomic E-state index is 13.2. The first-order chi connectivity index (χ1) is 7.36. The molecule has 0 fully saturated rings. The molecular weight excluding hydrogens is 238 g/mol. The van der Waals surface area contributed by atoms with Crippen molar-refractivity contribution in [2.24, 2.45) is 0 Å². The molecule has 1 aromatic carbocycles. The van der Waals surface area contributed by atoms with Gasteiger partial charge in [0.05, 0.1) is 11.1 Å².